The Morgan fingerprint density at radius 3 is 2.47 bits per heavy atom. The van der Waals surface area contributed by atoms with Crippen LogP contribution in [0.25, 0.3) is 0 Å². The van der Waals surface area contributed by atoms with Crippen LogP contribution in [0.2, 0.25) is 0 Å². The second-order valence-corrected chi connectivity index (χ2v) is 5.16. The molecule has 0 amide bonds. The van der Waals surface area contributed by atoms with Gasteiger partial charge in [0, 0.05) is 0 Å². The minimum Gasteiger partial charge on any atom is -0.484 e. The number of hydrogen-bond donors (Lipinski definition) is 1. The zero-order valence-corrected chi connectivity index (χ0v) is 10.7. The largest absolute Gasteiger partial charge is 0.484 e. The molecule has 0 aliphatic carbocycles. The monoisotopic (exact) mass is 226 g/mol. The Kier molecular flexibility index (Phi) is 4.56. The van der Waals surface area contributed by atoms with Gasteiger partial charge in [0.2, 0.25) is 0 Å². The van der Waals surface area contributed by atoms with E-state index < -0.39 is 0 Å². The Balaban J connectivity index is 2.96. The molecule has 0 aliphatic rings. The lowest BCUT2D eigenvalue weighted by Gasteiger charge is -2.17. The van der Waals surface area contributed by atoms with Gasteiger partial charge in [-0.2, -0.15) is 0 Å². The summed E-state index contributed by atoms with van der Waals surface area (Å²) < 4.78 is 5.70. The zero-order chi connectivity index (χ0) is 11.4. The lowest BCUT2D eigenvalue weighted by atomic mass is 10.0. The van der Waals surface area contributed by atoms with Crippen LogP contribution in [0, 0.1) is 6.92 Å². The lowest BCUT2D eigenvalue weighted by Crippen LogP contribution is -2.07. The van der Waals surface area contributed by atoms with Gasteiger partial charge in [0.25, 0.3) is 0 Å². The van der Waals surface area contributed by atoms with E-state index in [9.17, 15) is 0 Å². The van der Waals surface area contributed by atoms with Crippen LogP contribution in [0.1, 0.15) is 37.8 Å². The van der Waals surface area contributed by atoms with Crippen molar-refractivity contribution in [2.24, 2.45) is 0 Å². The summed E-state index contributed by atoms with van der Waals surface area (Å²) in [5, 5.41) is 0. The van der Waals surface area contributed by atoms with Crippen LogP contribution in [0.3, 0.4) is 0 Å². The number of aryl methyl sites for hydroxylation is 1. The van der Waals surface area contributed by atoms with Crippen molar-refractivity contribution < 1.29 is 9.63 Å². The number of rotatable bonds is 4. The average Bonchev–Trinajstić information content (AvgIpc) is 2.17. The molecule has 84 valence electrons. The van der Waals surface area contributed by atoms with Crippen LogP contribution in [0.15, 0.2) is 18.2 Å². The molecule has 0 heterocycles. The molecule has 3 heteroatoms. The molecule has 1 aromatic carbocycles. The number of ether oxygens (including phenoxy) is 1. The standard InChI is InChI=1S/C12H19O2P/c1-8(2)11-6-5-9(3)7-12(11)14-10(4)15-13/h5-8,10,13,15H,1-4H3. The highest BCUT2D eigenvalue weighted by Crippen LogP contribution is 2.30. The Labute approximate surface area is 93.5 Å². The Hall–Kier alpha value is -0.590. The first-order chi connectivity index (χ1) is 7.04. The van der Waals surface area contributed by atoms with Crippen LogP contribution >= 0.6 is 8.81 Å². The summed E-state index contributed by atoms with van der Waals surface area (Å²) in [6, 6.07) is 6.22. The Morgan fingerprint density at radius 2 is 1.93 bits per heavy atom. The van der Waals surface area contributed by atoms with Crippen LogP contribution in [0.5, 0.6) is 5.75 Å². The number of hydrogen-bond acceptors (Lipinski definition) is 2. The van der Waals surface area contributed by atoms with E-state index in [0.717, 1.165) is 5.75 Å². The lowest BCUT2D eigenvalue weighted by molar-refractivity contribution is 0.290. The topological polar surface area (TPSA) is 29.5 Å². The summed E-state index contributed by atoms with van der Waals surface area (Å²) in [6.45, 7) is 8.21. The van der Waals surface area contributed by atoms with Crippen molar-refractivity contribution in [1.82, 2.24) is 0 Å². The highest BCUT2D eigenvalue weighted by atomic mass is 31.1. The molecule has 1 aromatic rings. The first-order valence-corrected chi connectivity index (χ1v) is 6.24. The molecule has 2 nitrogen and oxygen atoms in total. The van der Waals surface area contributed by atoms with E-state index >= 15 is 0 Å². The fourth-order valence-corrected chi connectivity index (χ4v) is 1.62. The molecule has 1 rings (SSSR count). The average molecular weight is 226 g/mol. The summed E-state index contributed by atoms with van der Waals surface area (Å²) in [6.07, 6.45) is 0. The van der Waals surface area contributed by atoms with E-state index in [1.807, 2.05) is 19.9 Å². The zero-order valence-electron chi connectivity index (χ0n) is 9.74. The van der Waals surface area contributed by atoms with Gasteiger partial charge in [-0.1, -0.05) is 26.0 Å². The Morgan fingerprint density at radius 1 is 1.27 bits per heavy atom. The maximum absolute atomic E-state index is 9.00. The quantitative estimate of drug-likeness (QED) is 0.797. The first-order valence-electron chi connectivity index (χ1n) is 5.21. The van der Waals surface area contributed by atoms with Crippen molar-refractivity contribution in [3.63, 3.8) is 0 Å². The van der Waals surface area contributed by atoms with E-state index in [2.05, 4.69) is 26.0 Å². The van der Waals surface area contributed by atoms with E-state index in [-0.39, 0.29) is 14.7 Å². The van der Waals surface area contributed by atoms with E-state index in [1.54, 1.807) is 0 Å². The molecule has 0 radical (unpaired) electrons. The van der Waals surface area contributed by atoms with Crippen molar-refractivity contribution in [3.05, 3.63) is 29.3 Å². The third-order valence-corrected chi connectivity index (χ3v) is 2.76. The van der Waals surface area contributed by atoms with Gasteiger partial charge in [0.1, 0.15) is 11.6 Å². The fourth-order valence-electron chi connectivity index (χ4n) is 1.44. The van der Waals surface area contributed by atoms with Gasteiger partial charge < -0.3 is 9.63 Å². The maximum Gasteiger partial charge on any atom is 0.136 e. The van der Waals surface area contributed by atoms with Crippen LogP contribution < -0.4 is 4.74 Å². The minimum absolute atomic E-state index is 0.121. The summed E-state index contributed by atoms with van der Waals surface area (Å²) in [4.78, 5) is 9.00. The first kappa shape index (κ1) is 12.5. The van der Waals surface area contributed by atoms with Gasteiger partial charge in [-0.05, 0) is 37.0 Å². The second-order valence-electron chi connectivity index (χ2n) is 4.09. The highest BCUT2D eigenvalue weighted by Gasteiger charge is 2.10. The smallest absolute Gasteiger partial charge is 0.136 e. The predicted molar refractivity (Wildman–Crippen MR) is 65.9 cm³/mol. The molecule has 0 saturated carbocycles. The summed E-state index contributed by atoms with van der Waals surface area (Å²) in [7, 11) is -0.178. The molecular weight excluding hydrogens is 207 g/mol. The third kappa shape index (κ3) is 3.48. The molecule has 1 N–H and O–H groups in total. The normalized spacial score (nSPS) is 13.7. The highest BCUT2D eigenvalue weighted by molar-refractivity contribution is 7.31. The van der Waals surface area contributed by atoms with E-state index in [1.165, 1.54) is 11.1 Å². The molecule has 15 heavy (non-hydrogen) atoms. The van der Waals surface area contributed by atoms with Crippen LogP contribution in [-0.2, 0) is 0 Å². The molecule has 2 unspecified atom stereocenters. The molecular formula is C12H19O2P. The molecule has 0 saturated heterocycles. The Bertz CT molecular complexity index is 323. The van der Waals surface area contributed by atoms with E-state index in [4.69, 9.17) is 9.63 Å². The van der Waals surface area contributed by atoms with Crippen molar-refractivity contribution in [3.8, 4) is 5.75 Å². The summed E-state index contributed by atoms with van der Waals surface area (Å²) in [5.41, 5.74) is 2.38. The van der Waals surface area contributed by atoms with Gasteiger partial charge in [0.15, 0.2) is 0 Å². The van der Waals surface area contributed by atoms with Crippen LogP contribution in [0.4, 0.5) is 0 Å². The molecule has 0 spiro atoms. The van der Waals surface area contributed by atoms with Gasteiger partial charge in [-0.15, -0.1) is 0 Å². The molecule has 0 aliphatic heterocycles. The maximum atomic E-state index is 9.00. The molecule has 0 bridgehead atoms. The van der Waals surface area contributed by atoms with Crippen molar-refractivity contribution in [2.45, 2.75) is 39.5 Å². The van der Waals surface area contributed by atoms with Gasteiger partial charge in [-0.3, -0.25) is 0 Å². The van der Waals surface area contributed by atoms with Crippen molar-refractivity contribution in [2.75, 3.05) is 0 Å². The fraction of sp³-hybridized carbons (Fsp3) is 0.500. The minimum atomic E-state index is -0.178. The molecule has 2 atom stereocenters. The summed E-state index contributed by atoms with van der Waals surface area (Å²) in [5.74, 6) is 1.22. The van der Waals surface area contributed by atoms with Gasteiger partial charge in [-0.25, -0.2) is 0 Å². The van der Waals surface area contributed by atoms with E-state index in [0.29, 0.717) is 5.92 Å². The predicted octanol–water partition coefficient (Wildman–Crippen LogP) is 3.43. The SMILES string of the molecule is Cc1ccc(C(C)C)c(OC(C)PO)c1. The van der Waals surface area contributed by atoms with Crippen molar-refractivity contribution in [1.29, 1.82) is 0 Å². The molecule has 0 fully saturated rings. The summed E-state index contributed by atoms with van der Waals surface area (Å²) >= 11 is 0. The van der Waals surface area contributed by atoms with Crippen LogP contribution in [-0.4, -0.2) is 10.7 Å². The van der Waals surface area contributed by atoms with Gasteiger partial charge in [0.05, 0.1) is 8.81 Å². The molecule has 0 aromatic heterocycles. The second kappa shape index (κ2) is 5.48. The van der Waals surface area contributed by atoms with Gasteiger partial charge >= 0.3 is 0 Å². The van der Waals surface area contributed by atoms with Crippen molar-refractivity contribution >= 4 is 8.81 Å². The number of benzene rings is 1. The third-order valence-electron chi connectivity index (χ3n) is 2.28.